The van der Waals surface area contributed by atoms with Gasteiger partial charge in [0.1, 0.15) is 22.3 Å². The van der Waals surface area contributed by atoms with Gasteiger partial charge in [-0.25, -0.2) is 0 Å². The third kappa shape index (κ3) is 3.65. The van der Waals surface area contributed by atoms with Crippen molar-refractivity contribution < 1.29 is 8.83 Å². The summed E-state index contributed by atoms with van der Waals surface area (Å²) in [4.78, 5) is 0. The largest absolute Gasteiger partial charge is 0.456 e. The maximum absolute atomic E-state index is 6.50. The van der Waals surface area contributed by atoms with Gasteiger partial charge in [0.2, 0.25) is 0 Å². The first-order valence-corrected chi connectivity index (χ1v) is 15.7. The smallest absolute Gasteiger partial charge is 0.147 e. The lowest BCUT2D eigenvalue weighted by molar-refractivity contribution is 0.663. The number of hydrogen-bond donors (Lipinski definition) is 0. The van der Waals surface area contributed by atoms with E-state index in [4.69, 9.17) is 8.83 Å². The van der Waals surface area contributed by atoms with Gasteiger partial charge in [-0.15, -0.1) is 0 Å². The van der Waals surface area contributed by atoms with Gasteiger partial charge in [0.15, 0.2) is 0 Å². The molecule has 2 heterocycles. The second kappa shape index (κ2) is 9.69. The van der Waals surface area contributed by atoms with E-state index in [0.717, 1.165) is 49.4 Å². The zero-order valence-electron chi connectivity index (χ0n) is 24.8. The highest BCUT2D eigenvalue weighted by atomic mass is 16.3. The SMILES string of the molecule is c1ccc(-c2c3ccccc3c(-c3cccc(-c4ccc5oc6c(ccc7oc8ccccc8c76)c5c4)c3)c3ccccc23)cc1. The molecule has 10 aromatic rings. The summed E-state index contributed by atoms with van der Waals surface area (Å²) in [6.07, 6.45) is 0. The van der Waals surface area contributed by atoms with Crippen LogP contribution in [0, 0.1) is 0 Å². The molecule has 10 rings (SSSR count). The zero-order chi connectivity index (χ0) is 30.2. The lowest BCUT2D eigenvalue weighted by Gasteiger charge is -2.18. The summed E-state index contributed by atoms with van der Waals surface area (Å²) in [7, 11) is 0. The van der Waals surface area contributed by atoms with E-state index in [2.05, 4.69) is 140 Å². The zero-order valence-corrected chi connectivity index (χ0v) is 24.8. The minimum Gasteiger partial charge on any atom is -0.456 e. The molecule has 0 aliphatic carbocycles. The topological polar surface area (TPSA) is 26.3 Å². The molecule has 2 aromatic heterocycles. The summed E-state index contributed by atoms with van der Waals surface area (Å²) >= 11 is 0. The second-order valence-electron chi connectivity index (χ2n) is 12.0. The molecule has 0 spiro atoms. The first kappa shape index (κ1) is 25.2. The van der Waals surface area contributed by atoms with Gasteiger partial charge in [-0.3, -0.25) is 0 Å². The van der Waals surface area contributed by atoms with Crippen molar-refractivity contribution in [3.63, 3.8) is 0 Å². The monoisotopic (exact) mass is 586 g/mol. The molecule has 0 amide bonds. The fourth-order valence-corrected chi connectivity index (χ4v) is 7.43. The molecule has 46 heavy (non-hydrogen) atoms. The average Bonchev–Trinajstić information content (AvgIpc) is 3.69. The summed E-state index contributed by atoms with van der Waals surface area (Å²) < 4.78 is 12.6. The van der Waals surface area contributed by atoms with Crippen molar-refractivity contribution in [2.75, 3.05) is 0 Å². The third-order valence-corrected chi connectivity index (χ3v) is 9.46. The Morgan fingerprint density at radius 1 is 0.283 bits per heavy atom. The van der Waals surface area contributed by atoms with Crippen LogP contribution in [0.15, 0.2) is 167 Å². The van der Waals surface area contributed by atoms with Crippen LogP contribution in [0.25, 0.3) is 98.8 Å². The second-order valence-corrected chi connectivity index (χ2v) is 12.0. The highest BCUT2D eigenvalue weighted by molar-refractivity contribution is 6.23. The van der Waals surface area contributed by atoms with E-state index < -0.39 is 0 Å². The van der Waals surface area contributed by atoms with Crippen molar-refractivity contribution in [2.24, 2.45) is 0 Å². The fraction of sp³-hybridized carbons (Fsp3) is 0. The molecule has 8 aromatic carbocycles. The lowest BCUT2D eigenvalue weighted by atomic mass is 9.85. The van der Waals surface area contributed by atoms with Gasteiger partial charge in [0, 0.05) is 16.2 Å². The van der Waals surface area contributed by atoms with Crippen LogP contribution in [0.2, 0.25) is 0 Å². The Labute approximate surface area is 264 Å². The number of rotatable bonds is 3. The molecule has 0 atom stereocenters. The van der Waals surface area contributed by atoms with Gasteiger partial charge >= 0.3 is 0 Å². The van der Waals surface area contributed by atoms with Gasteiger partial charge in [-0.05, 0) is 91.3 Å². The molecule has 0 radical (unpaired) electrons. The summed E-state index contributed by atoms with van der Waals surface area (Å²) in [5, 5.41) is 9.34. The van der Waals surface area contributed by atoms with Crippen molar-refractivity contribution in [3.8, 4) is 33.4 Å². The predicted octanol–water partition coefficient (Wildman–Crippen LogP) is 12.8. The Bertz CT molecular complexity index is 2740. The molecule has 0 N–H and O–H groups in total. The van der Waals surface area contributed by atoms with Gasteiger partial charge in [0.05, 0.1) is 5.39 Å². The van der Waals surface area contributed by atoms with Crippen molar-refractivity contribution in [1.29, 1.82) is 0 Å². The molecule has 0 unspecified atom stereocenters. The summed E-state index contributed by atoms with van der Waals surface area (Å²) in [6, 6.07) is 56.2. The molecule has 0 fully saturated rings. The van der Waals surface area contributed by atoms with Gasteiger partial charge in [0.25, 0.3) is 0 Å². The molecule has 0 bridgehead atoms. The minimum atomic E-state index is 0.846. The summed E-state index contributed by atoms with van der Waals surface area (Å²) in [6.45, 7) is 0. The Balaban J connectivity index is 1.18. The average molecular weight is 587 g/mol. The van der Waals surface area contributed by atoms with E-state index in [0.29, 0.717) is 0 Å². The number of benzene rings is 8. The van der Waals surface area contributed by atoms with Crippen molar-refractivity contribution in [2.45, 2.75) is 0 Å². The number of hydrogen-bond acceptors (Lipinski definition) is 2. The molecular weight excluding hydrogens is 560 g/mol. The van der Waals surface area contributed by atoms with E-state index in [-0.39, 0.29) is 0 Å². The highest BCUT2D eigenvalue weighted by Gasteiger charge is 2.18. The van der Waals surface area contributed by atoms with Crippen LogP contribution < -0.4 is 0 Å². The Morgan fingerprint density at radius 3 is 1.57 bits per heavy atom. The summed E-state index contributed by atoms with van der Waals surface area (Å²) in [5.74, 6) is 0. The fourth-order valence-electron chi connectivity index (χ4n) is 7.43. The molecule has 0 saturated carbocycles. The minimum absolute atomic E-state index is 0.846. The molecule has 214 valence electrons. The van der Waals surface area contributed by atoms with Crippen LogP contribution in [0.4, 0.5) is 0 Å². The van der Waals surface area contributed by atoms with E-state index in [1.54, 1.807) is 0 Å². The normalized spacial score (nSPS) is 11.9. The van der Waals surface area contributed by atoms with Crippen LogP contribution in [0.1, 0.15) is 0 Å². The highest BCUT2D eigenvalue weighted by Crippen LogP contribution is 2.45. The van der Waals surface area contributed by atoms with Crippen molar-refractivity contribution >= 4 is 65.4 Å². The van der Waals surface area contributed by atoms with Crippen molar-refractivity contribution in [1.82, 2.24) is 0 Å². The van der Waals surface area contributed by atoms with E-state index >= 15 is 0 Å². The van der Waals surface area contributed by atoms with Crippen LogP contribution in [0.3, 0.4) is 0 Å². The van der Waals surface area contributed by atoms with Crippen LogP contribution in [-0.2, 0) is 0 Å². The quantitative estimate of drug-likeness (QED) is 0.193. The molecule has 2 heteroatoms. The van der Waals surface area contributed by atoms with E-state index in [9.17, 15) is 0 Å². The van der Waals surface area contributed by atoms with E-state index in [1.807, 2.05) is 18.2 Å². The lowest BCUT2D eigenvalue weighted by Crippen LogP contribution is -1.91. The van der Waals surface area contributed by atoms with Crippen molar-refractivity contribution in [3.05, 3.63) is 158 Å². The van der Waals surface area contributed by atoms with Gasteiger partial charge in [-0.1, -0.05) is 121 Å². The van der Waals surface area contributed by atoms with Gasteiger partial charge in [-0.2, -0.15) is 0 Å². The molecule has 0 saturated heterocycles. The van der Waals surface area contributed by atoms with Crippen LogP contribution in [0.5, 0.6) is 0 Å². The van der Waals surface area contributed by atoms with E-state index in [1.165, 1.54) is 49.4 Å². The summed E-state index contributed by atoms with van der Waals surface area (Å²) in [5.41, 5.74) is 10.8. The molecule has 0 aliphatic heterocycles. The Morgan fingerprint density at radius 2 is 0.826 bits per heavy atom. The standard InChI is InChI=1S/C44H26O2/c1-2-11-27(12-3-1)41-31-15-4-6-17-33(31)42(34-18-7-5-16-32(34)41)30-14-10-13-28(25-30)29-21-23-39-37(26-29)35-22-24-40-43(44(35)46-39)36-19-8-9-20-38(36)45-40/h1-26H. The molecular formula is C44H26O2. The maximum atomic E-state index is 6.50. The number of fused-ring (bicyclic) bond motifs is 9. The predicted molar refractivity (Wildman–Crippen MR) is 192 cm³/mol. The molecule has 2 nitrogen and oxygen atoms in total. The number of para-hydroxylation sites is 1. The third-order valence-electron chi connectivity index (χ3n) is 9.46. The first-order chi connectivity index (χ1) is 22.8. The molecule has 0 aliphatic rings. The number of furan rings is 2. The maximum Gasteiger partial charge on any atom is 0.147 e. The van der Waals surface area contributed by atoms with Crippen LogP contribution >= 0.6 is 0 Å². The Kier molecular flexibility index (Phi) is 5.31. The van der Waals surface area contributed by atoms with Gasteiger partial charge < -0.3 is 8.83 Å². The first-order valence-electron chi connectivity index (χ1n) is 15.7. The Hall–Kier alpha value is -6.12. The van der Waals surface area contributed by atoms with Crippen LogP contribution in [-0.4, -0.2) is 0 Å².